The van der Waals surface area contributed by atoms with Crippen LogP contribution in [0, 0.1) is 17.7 Å². The summed E-state index contributed by atoms with van der Waals surface area (Å²) < 4.78 is 12.9. The van der Waals surface area contributed by atoms with Crippen LogP contribution in [0.15, 0.2) is 24.3 Å². The third-order valence-corrected chi connectivity index (χ3v) is 4.23. The molecule has 2 aliphatic carbocycles. The minimum atomic E-state index is -0.857. The molecule has 0 radical (unpaired) electrons. The minimum absolute atomic E-state index is 0.286. The molecule has 17 heavy (non-hydrogen) atoms. The Kier molecular flexibility index (Phi) is 2.33. The average Bonchev–Trinajstić information content (AvgIpc) is 2.72. The van der Waals surface area contributed by atoms with Crippen molar-refractivity contribution in [3.63, 3.8) is 0 Å². The summed E-state index contributed by atoms with van der Waals surface area (Å²) in [5, 5.41) is 10.6. The number of Topliss-reactive ketones (excluding diaryl/α,β-unsaturated/α-hetero) is 1. The van der Waals surface area contributed by atoms with Gasteiger partial charge in [-0.1, -0.05) is 12.1 Å². The van der Waals surface area contributed by atoms with Gasteiger partial charge in [0, 0.05) is 12.8 Å². The number of halogens is 1. The monoisotopic (exact) mass is 234 g/mol. The topological polar surface area (TPSA) is 37.3 Å². The van der Waals surface area contributed by atoms with Gasteiger partial charge in [0.2, 0.25) is 0 Å². The van der Waals surface area contributed by atoms with Gasteiger partial charge in [-0.2, -0.15) is 0 Å². The van der Waals surface area contributed by atoms with E-state index in [9.17, 15) is 14.3 Å². The fraction of sp³-hybridized carbons (Fsp3) is 0.500. The highest BCUT2D eigenvalue weighted by Gasteiger charge is 2.49. The summed E-state index contributed by atoms with van der Waals surface area (Å²) in [6.45, 7) is 0. The molecule has 0 unspecified atom stereocenters. The maximum Gasteiger partial charge on any atom is 0.133 e. The summed E-state index contributed by atoms with van der Waals surface area (Å²) in [4.78, 5) is 11.3. The zero-order valence-electron chi connectivity index (χ0n) is 9.53. The number of hydrogen-bond donors (Lipinski definition) is 1. The standard InChI is InChI=1S/C14H15FO2/c15-12-3-1-11(2-4-12)14(17)7-9-5-13(16)6-10(9)8-14/h1-4,9-10,17H,5-8H2/t9-,10+,14-. The molecule has 2 saturated carbocycles. The molecule has 3 heteroatoms. The molecule has 0 spiro atoms. The van der Waals surface area contributed by atoms with Crippen molar-refractivity contribution in [2.45, 2.75) is 31.3 Å². The first kappa shape index (κ1) is 10.9. The van der Waals surface area contributed by atoms with Gasteiger partial charge in [0.1, 0.15) is 11.6 Å². The predicted octanol–water partition coefficient (Wildman–Crippen LogP) is 2.40. The van der Waals surface area contributed by atoms with E-state index < -0.39 is 5.60 Å². The van der Waals surface area contributed by atoms with Crippen LogP contribution in [-0.2, 0) is 10.4 Å². The molecule has 0 amide bonds. The highest BCUT2D eigenvalue weighted by molar-refractivity contribution is 5.81. The Morgan fingerprint density at radius 1 is 1.12 bits per heavy atom. The maximum absolute atomic E-state index is 12.9. The number of ketones is 1. The number of rotatable bonds is 1. The Morgan fingerprint density at radius 2 is 1.65 bits per heavy atom. The van der Waals surface area contributed by atoms with Gasteiger partial charge in [-0.05, 0) is 42.4 Å². The van der Waals surface area contributed by atoms with E-state index in [1.54, 1.807) is 12.1 Å². The Hall–Kier alpha value is -1.22. The third-order valence-electron chi connectivity index (χ3n) is 4.23. The fourth-order valence-electron chi connectivity index (χ4n) is 3.43. The minimum Gasteiger partial charge on any atom is -0.385 e. The van der Waals surface area contributed by atoms with Crippen LogP contribution < -0.4 is 0 Å². The van der Waals surface area contributed by atoms with Gasteiger partial charge in [-0.15, -0.1) is 0 Å². The first-order valence-corrected chi connectivity index (χ1v) is 6.07. The summed E-state index contributed by atoms with van der Waals surface area (Å²) in [7, 11) is 0. The molecule has 1 N–H and O–H groups in total. The predicted molar refractivity (Wildman–Crippen MR) is 60.8 cm³/mol. The zero-order chi connectivity index (χ0) is 12.0. The molecule has 0 aromatic heterocycles. The van der Waals surface area contributed by atoms with E-state index in [0.717, 1.165) is 5.56 Å². The van der Waals surface area contributed by atoms with E-state index >= 15 is 0 Å². The summed E-state index contributed by atoms with van der Waals surface area (Å²) in [6, 6.07) is 6.06. The smallest absolute Gasteiger partial charge is 0.133 e. The lowest BCUT2D eigenvalue weighted by atomic mass is 9.89. The van der Waals surface area contributed by atoms with Gasteiger partial charge >= 0.3 is 0 Å². The van der Waals surface area contributed by atoms with E-state index in [-0.39, 0.29) is 5.82 Å². The molecule has 90 valence electrons. The quantitative estimate of drug-likeness (QED) is 0.810. The number of carbonyl (C=O) groups is 1. The van der Waals surface area contributed by atoms with E-state index in [0.29, 0.717) is 43.3 Å². The van der Waals surface area contributed by atoms with E-state index in [1.165, 1.54) is 12.1 Å². The lowest BCUT2D eigenvalue weighted by Gasteiger charge is -2.24. The normalized spacial score (nSPS) is 36.2. The number of carbonyl (C=O) groups excluding carboxylic acids is 1. The number of benzene rings is 1. The first-order chi connectivity index (χ1) is 8.07. The fourth-order valence-corrected chi connectivity index (χ4v) is 3.43. The van der Waals surface area contributed by atoms with Crippen molar-refractivity contribution in [3.8, 4) is 0 Å². The van der Waals surface area contributed by atoms with E-state index in [2.05, 4.69) is 0 Å². The van der Waals surface area contributed by atoms with Crippen molar-refractivity contribution >= 4 is 5.78 Å². The van der Waals surface area contributed by atoms with E-state index in [1.807, 2.05) is 0 Å². The second kappa shape index (κ2) is 3.64. The van der Waals surface area contributed by atoms with Crippen LogP contribution in [0.25, 0.3) is 0 Å². The molecule has 2 nitrogen and oxygen atoms in total. The molecular weight excluding hydrogens is 219 g/mol. The molecule has 3 rings (SSSR count). The van der Waals surface area contributed by atoms with E-state index in [4.69, 9.17) is 0 Å². The Balaban J connectivity index is 1.85. The summed E-state index contributed by atoms with van der Waals surface area (Å²) in [5.74, 6) is 0.669. The molecule has 2 fully saturated rings. The third kappa shape index (κ3) is 1.78. The van der Waals surface area contributed by atoms with Crippen molar-refractivity contribution in [1.29, 1.82) is 0 Å². The van der Waals surface area contributed by atoms with Gasteiger partial charge in [-0.25, -0.2) is 4.39 Å². The first-order valence-electron chi connectivity index (χ1n) is 6.07. The molecule has 1 aromatic carbocycles. The molecule has 3 atom stereocenters. The Bertz CT molecular complexity index is 436. The number of hydrogen-bond acceptors (Lipinski definition) is 2. The lowest BCUT2D eigenvalue weighted by Crippen LogP contribution is -2.23. The highest BCUT2D eigenvalue weighted by atomic mass is 19.1. The second-order valence-electron chi connectivity index (χ2n) is 5.41. The summed E-state index contributed by atoms with van der Waals surface area (Å²) in [6.07, 6.45) is 2.48. The summed E-state index contributed by atoms with van der Waals surface area (Å²) in [5.41, 5.74) is -0.0789. The second-order valence-corrected chi connectivity index (χ2v) is 5.41. The van der Waals surface area contributed by atoms with Gasteiger partial charge in [0.15, 0.2) is 0 Å². The molecule has 0 aliphatic heterocycles. The van der Waals surface area contributed by atoms with Crippen LogP contribution in [0.3, 0.4) is 0 Å². The van der Waals surface area contributed by atoms with Crippen molar-refractivity contribution < 1.29 is 14.3 Å². The highest BCUT2D eigenvalue weighted by Crippen LogP contribution is 2.51. The molecule has 0 bridgehead atoms. The van der Waals surface area contributed by atoms with Gasteiger partial charge in [0.05, 0.1) is 5.60 Å². The zero-order valence-corrected chi connectivity index (χ0v) is 9.53. The average molecular weight is 234 g/mol. The Labute approximate surface area is 99.5 Å². The molecular formula is C14H15FO2. The van der Waals surface area contributed by atoms with Crippen molar-refractivity contribution in [1.82, 2.24) is 0 Å². The van der Waals surface area contributed by atoms with Crippen molar-refractivity contribution in [2.24, 2.45) is 11.8 Å². The van der Waals surface area contributed by atoms with Crippen LogP contribution in [0.4, 0.5) is 4.39 Å². The maximum atomic E-state index is 12.9. The van der Waals surface area contributed by atoms with Crippen LogP contribution in [0.2, 0.25) is 0 Å². The van der Waals surface area contributed by atoms with Crippen LogP contribution in [-0.4, -0.2) is 10.9 Å². The van der Waals surface area contributed by atoms with Crippen molar-refractivity contribution in [3.05, 3.63) is 35.6 Å². The lowest BCUT2D eigenvalue weighted by molar-refractivity contribution is -0.118. The molecule has 2 aliphatic rings. The SMILES string of the molecule is O=C1C[C@@H]2C[C@](O)(c3ccc(F)cc3)C[C@@H]2C1. The Morgan fingerprint density at radius 3 is 2.18 bits per heavy atom. The van der Waals surface area contributed by atoms with Gasteiger partial charge in [-0.3, -0.25) is 4.79 Å². The molecule has 0 heterocycles. The van der Waals surface area contributed by atoms with Crippen molar-refractivity contribution in [2.75, 3.05) is 0 Å². The molecule has 0 saturated heterocycles. The molecule has 1 aromatic rings. The van der Waals surface area contributed by atoms with Crippen LogP contribution >= 0.6 is 0 Å². The number of aliphatic hydroxyl groups is 1. The van der Waals surface area contributed by atoms with Gasteiger partial charge < -0.3 is 5.11 Å². The largest absolute Gasteiger partial charge is 0.385 e. The van der Waals surface area contributed by atoms with Crippen LogP contribution in [0.1, 0.15) is 31.2 Å². The van der Waals surface area contributed by atoms with Gasteiger partial charge in [0.25, 0.3) is 0 Å². The summed E-state index contributed by atoms with van der Waals surface area (Å²) >= 11 is 0. The van der Waals surface area contributed by atoms with Crippen LogP contribution in [0.5, 0.6) is 0 Å². The number of fused-ring (bicyclic) bond motifs is 1.